The van der Waals surface area contributed by atoms with Gasteiger partial charge in [0.2, 0.25) is 0 Å². The molecular weight excluding hydrogens is 587 g/mol. The number of ether oxygens (including phenoxy) is 2. The standard InChI is InChI=1S/C34H35FN8O3/c1-33(2,42-17-34(18-42)19-45-20-34)14-22(15-36)32(44)41-12-6-7-23(16-41)43-31-28(30(37)38-21-39-31)29(40-43)26-11-10-25(13-27(26)35)46-24-8-4-3-5-9-24/h3-5,8-11,13-14,21,23H,6-7,12,16-20H2,1-2H3,(H2,37,38,39)/b22-14-/t23-/m1/s1. The van der Waals surface area contributed by atoms with Crippen molar-refractivity contribution in [2.75, 3.05) is 45.1 Å². The fourth-order valence-electron chi connectivity index (χ4n) is 6.65. The minimum absolute atomic E-state index is 0.119. The molecule has 0 unspecified atom stereocenters. The Morgan fingerprint density at radius 2 is 1.96 bits per heavy atom. The molecule has 5 heterocycles. The summed E-state index contributed by atoms with van der Waals surface area (Å²) in [5.74, 6) is 0.268. The van der Waals surface area contributed by atoms with Crippen LogP contribution in [0.1, 0.15) is 32.7 Å². The van der Waals surface area contributed by atoms with Gasteiger partial charge < -0.3 is 20.1 Å². The second kappa shape index (κ2) is 11.5. The Kier molecular flexibility index (Phi) is 7.45. The molecule has 1 atom stereocenters. The van der Waals surface area contributed by atoms with Crippen LogP contribution in [0, 0.1) is 22.6 Å². The summed E-state index contributed by atoms with van der Waals surface area (Å²) in [5.41, 5.74) is 7.19. The van der Waals surface area contributed by atoms with E-state index in [1.54, 1.807) is 39.9 Å². The van der Waals surface area contributed by atoms with Crippen LogP contribution in [-0.4, -0.2) is 80.4 Å². The molecule has 2 aromatic carbocycles. The van der Waals surface area contributed by atoms with Gasteiger partial charge in [0.25, 0.3) is 5.91 Å². The van der Waals surface area contributed by atoms with Gasteiger partial charge in [-0.2, -0.15) is 10.4 Å². The van der Waals surface area contributed by atoms with Crippen LogP contribution in [0.15, 0.2) is 66.5 Å². The highest BCUT2D eigenvalue weighted by atomic mass is 19.1. The van der Waals surface area contributed by atoms with Crippen LogP contribution in [0.2, 0.25) is 0 Å². The maximum absolute atomic E-state index is 15.6. The molecule has 1 amide bonds. The molecule has 46 heavy (non-hydrogen) atoms. The molecular formula is C34H35FN8O3. The number of hydrogen-bond acceptors (Lipinski definition) is 9. The molecule has 3 aliphatic heterocycles. The number of rotatable bonds is 7. The first-order valence-corrected chi connectivity index (χ1v) is 15.4. The summed E-state index contributed by atoms with van der Waals surface area (Å²) in [6.07, 6.45) is 4.55. The van der Waals surface area contributed by atoms with Crippen LogP contribution >= 0.6 is 0 Å². The minimum Gasteiger partial charge on any atom is -0.457 e. The smallest absolute Gasteiger partial charge is 0.264 e. The van der Waals surface area contributed by atoms with Crippen LogP contribution in [0.4, 0.5) is 10.2 Å². The van der Waals surface area contributed by atoms with E-state index in [-0.39, 0.29) is 34.3 Å². The molecule has 0 radical (unpaired) electrons. The first kappa shape index (κ1) is 29.8. The van der Waals surface area contributed by atoms with Gasteiger partial charge >= 0.3 is 0 Å². The molecule has 236 valence electrons. The highest BCUT2D eigenvalue weighted by Crippen LogP contribution is 2.42. The van der Waals surface area contributed by atoms with Gasteiger partial charge in [-0.15, -0.1) is 0 Å². The molecule has 7 rings (SSSR count). The number of benzene rings is 2. The van der Waals surface area contributed by atoms with Crippen LogP contribution < -0.4 is 10.5 Å². The van der Waals surface area contributed by atoms with Crippen molar-refractivity contribution in [1.82, 2.24) is 29.5 Å². The van der Waals surface area contributed by atoms with Crippen molar-refractivity contribution in [3.05, 3.63) is 72.3 Å². The van der Waals surface area contributed by atoms with E-state index < -0.39 is 11.4 Å². The second-order valence-corrected chi connectivity index (χ2v) is 13.0. The number of nitrogens with two attached hydrogens (primary N) is 1. The maximum atomic E-state index is 15.6. The Balaban J connectivity index is 1.14. The number of nitrogen functional groups attached to an aromatic ring is 1. The van der Waals surface area contributed by atoms with E-state index in [2.05, 4.69) is 20.9 Å². The maximum Gasteiger partial charge on any atom is 0.264 e. The second-order valence-electron chi connectivity index (χ2n) is 13.0. The van der Waals surface area contributed by atoms with Crippen molar-refractivity contribution in [3.8, 4) is 28.8 Å². The van der Waals surface area contributed by atoms with Gasteiger partial charge in [-0.1, -0.05) is 18.2 Å². The monoisotopic (exact) mass is 622 g/mol. The number of nitriles is 1. The zero-order valence-corrected chi connectivity index (χ0v) is 25.8. The van der Waals surface area contributed by atoms with E-state index in [0.717, 1.165) is 26.3 Å². The van der Waals surface area contributed by atoms with Crippen LogP contribution in [-0.2, 0) is 9.53 Å². The zero-order valence-electron chi connectivity index (χ0n) is 25.8. The molecule has 2 aromatic heterocycles. The lowest BCUT2D eigenvalue weighted by Crippen LogP contribution is -2.70. The fourth-order valence-corrected chi connectivity index (χ4v) is 6.65. The first-order chi connectivity index (χ1) is 22.2. The summed E-state index contributed by atoms with van der Waals surface area (Å²) in [6.45, 7) is 8.20. The van der Waals surface area contributed by atoms with E-state index in [0.29, 0.717) is 54.2 Å². The van der Waals surface area contributed by atoms with E-state index in [4.69, 9.17) is 20.3 Å². The average molecular weight is 623 g/mol. The predicted octanol–water partition coefficient (Wildman–Crippen LogP) is 4.73. The number of aromatic nitrogens is 4. The number of anilines is 1. The quantitative estimate of drug-likeness (QED) is 0.229. The zero-order chi connectivity index (χ0) is 32.1. The Morgan fingerprint density at radius 3 is 2.65 bits per heavy atom. The number of para-hydroxylation sites is 1. The number of fused-ring (bicyclic) bond motifs is 1. The molecule has 3 aliphatic rings. The average Bonchev–Trinajstić information content (AvgIpc) is 3.39. The van der Waals surface area contributed by atoms with E-state index in [1.807, 2.05) is 32.0 Å². The summed E-state index contributed by atoms with van der Waals surface area (Å²) >= 11 is 0. The molecule has 0 bridgehead atoms. The predicted molar refractivity (Wildman–Crippen MR) is 169 cm³/mol. The molecule has 4 aromatic rings. The number of piperidine rings is 1. The van der Waals surface area contributed by atoms with Gasteiger partial charge in [-0.05, 0) is 57.0 Å². The van der Waals surface area contributed by atoms with Crippen LogP contribution in [0.3, 0.4) is 0 Å². The number of hydrogen-bond donors (Lipinski definition) is 1. The number of amides is 1. The third-order valence-electron chi connectivity index (χ3n) is 9.25. The fraction of sp³-hybridized carbons (Fsp3) is 0.382. The largest absolute Gasteiger partial charge is 0.457 e. The topological polar surface area (TPSA) is 135 Å². The highest BCUT2D eigenvalue weighted by molar-refractivity contribution is 5.99. The third kappa shape index (κ3) is 5.35. The number of halogens is 1. The summed E-state index contributed by atoms with van der Waals surface area (Å²) in [7, 11) is 0. The SMILES string of the molecule is CC(C)(/C=C(/C#N)C(=O)N1CCC[C@@H](n2nc(-c3ccc(Oc4ccccc4)cc3F)c3c(N)ncnc32)C1)N1CC2(COC2)C1. The number of likely N-dealkylation sites (tertiary alicyclic amines) is 2. The molecule has 11 nitrogen and oxygen atoms in total. The molecule has 0 saturated carbocycles. The Labute approximate surface area is 266 Å². The highest BCUT2D eigenvalue weighted by Gasteiger charge is 2.52. The van der Waals surface area contributed by atoms with Crippen molar-refractivity contribution < 1.29 is 18.7 Å². The Hall–Kier alpha value is -4.86. The van der Waals surface area contributed by atoms with E-state index >= 15 is 4.39 Å². The summed E-state index contributed by atoms with van der Waals surface area (Å²) in [5, 5.41) is 15.3. The first-order valence-electron chi connectivity index (χ1n) is 15.4. The molecule has 3 fully saturated rings. The van der Waals surface area contributed by atoms with Crippen molar-refractivity contribution in [3.63, 3.8) is 0 Å². The van der Waals surface area contributed by atoms with Gasteiger partial charge in [0.05, 0.1) is 24.6 Å². The van der Waals surface area contributed by atoms with Crippen molar-refractivity contribution >= 4 is 22.8 Å². The lowest BCUT2D eigenvalue weighted by atomic mass is 9.75. The third-order valence-corrected chi connectivity index (χ3v) is 9.25. The summed E-state index contributed by atoms with van der Waals surface area (Å²) in [6, 6.07) is 15.6. The van der Waals surface area contributed by atoms with Crippen LogP contribution in [0.25, 0.3) is 22.3 Å². The summed E-state index contributed by atoms with van der Waals surface area (Å²) in [4.78, 5) is 26.3. The molecule has 2 N–H and O–H groups in total. The summed E-state index contributed by atoms with van der Waals surface area (Å²) < 4.78 is 28.5. The Bertz CT molecular complexity index is 1870. The minimum atomic E-state index is -0.534. The van der Waals surface area contributed by atoms with Crippen molar-refractivity contribution in [2.24, 2.45) is 5.41 Å². The molecule has 3 saturated heterocycles. The van der Waals surface area contributed by atoms with Gasteiger partial charge in [0, 0.05) is 48.8 Å². The van der Waals surface area contributed by atoms with Gasteiger partial charge in [0.1, 0.15) is 46.8 Å². The van der Waals surface area contributed by atoms with Gasteiger partial charge in [0.15, 0.2) is 5.65 Å². The van der Waals surface area contributed by atoms with Crippen molar-refractivity contribution in [1.29, 1.82) is 5.26 Å². The van der Waals surface area contributed by atoms with E-state index in [1.165, 1.54) is 12.4 Å². The number of nitrogens with zero attached hydrogens (tertiary/aromatic N) is 7. The van der Waals surface area contributed by atoms with Crippen LogP contribution in [0.5, 0.6) is 11.5 Å². The Morgan fingerprint density at radius 1 is 1.17 bits per heavy atom. The van der Waals surface area contributed by atoms with Gasteiger partial charge in [-0.3, -0.25) is 9.69 Å². The number of carbonyl (C=O) groups excluding carboxylic acids is 1. The van der Waals surface area contributed by atoms with Crippen molar-refractivity contribution in [2.45, 2.75) is 38.3 Å². The number of carbonyl (C=O) groups is 1. The lowest BCUT2D eigenvalue weighted by Gasteiger charge is -2.59. The molecule has 1 spiro atoms. The molecule has 0 aliphatic carbocycles. The lowest BCUT2D eigenvalue weighted by molar-refractivity contribution is -0.204. The van der Waals surface area contributed by atoms with Gasteiger partial charge in [-0.25, -0.2) is 19.0 Å². The molecule has 12 heteroatoms. The normalized spacial score (nSPS) is 19.8. The van der Waals surface area contributed by atoms with E-state index in [9.17, 15) is 10.1 Å².